The highest BCUT2D eigenvalue weighted by Crippen LogP contribution is 2.23. The van der Waals surface area contributed by atoms with E-state index in [9.17, 15) is 14.7 Å². The van der Waals surface area contributed by atoms with Gasteiger partial charge in [0.15, 0.2) is 0 Å². The van der Waals surface area contributed by atoms with Crippen LogP contribution < -0.4 is 5.69 Å². The van der Waals surface area contributed by atoms with E-state index in [-0.39, 0.29) is 5.56 Å². The number of fused-ring (bicyclic) bond motifs is 1. The molecule has 0 saturated carbocycles. The lowest BCUT2D eigenvalue weighted by molar-refractivity contribution is 0.0698. The van der Waals surface area contributed by atoms with Crippen LogP contribution in [0.15, 0.2) is 41.2 Å². The van der Waals surface area contributed by atoms with E-state index in [0.29, 0.717) is 21.7 Å². The topological polar surface area (TPSA) is 75.1 Å². The van der Waals surface area contributed by atoms with Gasteiger partial charge in [0, 0.05) is 5.02 Å². The van der Waals surface area contributed by atoms with Gasteiger partial charge < -0.3 is 10.1 Å². The molecule has 0 aliphatic rings. The molecular weight excluding hydrogens is 292 g/mol. The first-order valence-electron chi connectivity index (χ1n) is 6.22. The summed E-state index contributed by atoms with van der Waals surface area (Å²) in [6.45, 7) is 1.85. The minimum absolute atomic E-state index is 0.0579. The fourth-order valence-electron chi connectivity index (χ4n) is 2.30. The molecule has 0 spiro atoms. The van der Waals surface area contributed by atoms with E-state index in [1.807, 2.05) is 6.92 Å². The van der Waals surface area contributed by atoms with Crippen molar-refractivity contribution in [3.05, 3.63) is 63.0 Å². The van der Waals surface area contributed by atoms with Crippen LogP contribution in [0.5, 0.6) is 0 Å². The van der Waals surface area contributed by atoms with Crippen LogP contribution >= 0.6 is 11.6 Å². The number of hydrogen-bond acceptors (Lipinski definition) is 2. The Kier molecular flexibility index (Phi) is 3.07. The first-order valence-corrected chi connectivity index (χ1v) is 6.60. The normalized spacial score (nSPS) is 11.0. The number of aromatic amines is 1. The number of para-hydroxylation sites is 1. The maximum absolute atomic E-state index is 12.2. The maximum atomic E-state index is 12.2. The predicted molar refractivity (Wildman–Crippen MR) is 80.6 cm³/mol. The number of nitrogens with zero attached hydrogens (tertiary/aromatic N) is 1. The molecule has 0 radical (unpaired) electrons. The van der Waals surface area contributed by atoms with E-state index in [1.165, 1.54) is 10.6 Å². The average Bonchev–Trinajstić information content (AvgIpc) is 2.77. The molecule has 0 bridgehead atoms. The molecule has 21 heavy (non-hydrogen) atoms. The van der Waals surface area contributed by atoms with Gasteiger partial charge in [-0.1, -0.05) is 23.7 Å². The molecule has 5 nitrogen and oxygen atoms in total. The summed E-state index contributed by atoms with van der Waals surface area (Å²) in [5, 5.41) is 9.82. The van der Waals surface area contributed by atoms with Gasteiger partial charge in [0.2, 0.25) is 0 Å². The highest BCUT2D eigenvalue weighted by atomic mass is 35.5. The third-order valence-corrected chi connectivity index (χ3v) is 3.76. The molecule has 0 atom stereocenters. The van der Waals surface area contributed by atoms with Crippen LogP contribution in [0.3, 0.4) is 0 Å². The fraction of sp³-hybridized carbons (Fsp3) is 0.0667. The van der Waals surface area contributed by atoms with Crippen molar-refractivity contribution in [1.29, 1.82) is 0 Å². The maximum Gasteiger partial charge on any atom is 0.337 e. The molecule has 0 aliphatic heterocycles. The summed E-state index contributed by atoms with van der Waals surface area (Å²) in [6.07, 6.45) is 0. The molecule has 1 aromatic heterocycles. The third kappa shape index (κ3) is 2.11. The number of carboxylic acids is 1. The Labute approximate surface area is 124 Å². The summed E-state index contributed by atoms with van der Waals surface area (Å²) < 4.78 is 1.32. The standard InChI is InChI=1S/C15H11ClN2O3/c1-8-5-6-9(7-11(8)16)18-13-10(14(19)20)3-2-4-12(13)17-15(18)21/h2-7H,1H3,(H,17,21)(H,19,20). The van der Waals surface area contributed by atoms with Crippen LogP contribution in [-0.4, -0.2) is 20.6 Å². The quantitative estimate of drug-likeness (QED) is 0.764. The minimum Gasteiger partial charge on any atom is -0.478 e. The van der Waals surface area contributed by atoms with Gasteiger partial charge in [-0.15, -0.1) is 0 Å². The second-order valence-corrected chi connectivity index (χ2v) is 5.11. The SMILES string of the molecule is Cc1ccc(-n2c(=O)[nH]c3cccc(C(=O)O)c32)cc1Cl. The molecule has 1 heterocycles. The number of carbonyl (C=O) groups is 1. The molecule has 106 valence electrons. The molecule has 3 rings (SSSR count). The van der Waals surface area contributed by atoms with Crippen LogP contribution in [0.25, 0.3) is 16.7 Å². The van der Waals surface area contributed by atoms with Gasteiger partial charge >= 0.3 is 11.7 Å². The van der Waals surface area contributed by atoms with Gasteiger partial charge in [0.05, 0.1) is 22.3 Å². The van der Waals surface area contributed by atoms with Crippen molar-refractivity contribution in [2.75, 3.05) is 0 Å². The first-order chi connectivity index (χ1) is 9.99. The highest BCUT2D eigenvalue weighted by Gasteiger charge is 2.16. The Morgan fingerprint density at radius 1 is 1.29 bits per heavy atom. The van der Waals surface area contributed by atoms with Gasteiger partial charge in [-0.25, -0.2) is 9.59 Å². The summed E-state index contributed by atoms with van der Waals surface area (Å²) in [5.74, 6) is -1.09. The van der Waals surface area contributed by atoms with Gasteiger partial charge in [-0.3, -0.25) is 4.57 Å². The molecule has 3 aromatic rings. The number of aromatic carboxylic acids is 1. The second-order valence-electron chi connectivity index (χ2n) is 4.71. The Morgan fingerprint density at radius 3 is 2.71 bits per heavy atom. The number of halogens is 1. The van der Waals surface area contributed by atoms with Crippen LogP contribution in [0, 0.1) is 6.92 Å². The average molecular weight is 303 g/mol. The zero-order valence-corrected chi connectivity index (χ0v) is 11.8. The van der Waals surface area contributed by atoms with Gasteiger partial charge in [0.1, 0.15) is 0 Å². The number of rotatable bonds is 2. The first kappa shape index (κ1) is 13.5. The molecule has 2 aromatic carbocycles. The molecule has 6 heteroatoms. The number of H-pyrrole nitrogens is 1. The summed E-state index contributed by atoms with van der Waals surface area (Å²) in [6, 6.07) is 9.87. The Morgan fingerprint density at radius 2 is 2.05 bits per heavy atom. The van der Waals surface area contributed by atoms with Gasteiger partial charge in [-0.2, -0.15) is 0 Å². The van der Waals surface area contributed by atoms with E-state index in [0.717, 1.165) is 5.56 Å². The Hall–Kier alpha value is -2.53. The van der Waals surface area contributed by atoms with Crippen molar-refractivity contribution in [1.82, 2.24) is 9.55 Å². The smallest absolute Gasteiger partial charge is 0.337 e. The monoisotopic (exact) mass is 302 g/mol. The molecule has 0 saturated heterocycles. The van der Waals surface area contributed by atoms with Crippen LogP contribution in [-0.2, 0) is 0 Å². The van der Waals surface area contributed by atoms with Gasteiger partial charge in [-0.05, 0) is 36.8 Å². The number of imidazole rings is 1. The van der Waals surface area contributed by atoms with Crippen LogP contribution in [0.2, 0.25) is 5.02 Å². The summed E-state index contributed by atoms with van der Waals surface area (Å²) in [7, 11) is 0. The van der Waals surface area contributed by atoms with E-state index in [1.54, 1.807) is 30.3 Å². The van der Waals surface area contributed by atoms with Crippen molar-refractivity contribution in [2.45, 2.75) is 6.92 Å². The second kappa shape index (κ2) is 4.79. The Balaban J connectivity index is 2.41. The lowest BCUT2D eigenvalue weighted by Crippen LogP contribution is -2.15. The highest BCUT2D eigenvalue weighted by molar-refractivity contribution is 6.31. The lowest BCUT2D eigenvalue weighted by atomic mass is 10.1. The van der Waals surface area contributed by atoms with Crippen LogP contribution in [0.4, 0.5) is 0 Å². The van der Waals surface area contributed by atoms with Crippen molar-refractivity contribution in [2.24, 2.45) is 0 Å². The fourth-order valence-corrected chi connectivity index (χ4v) is 2.47. The Bertz CT molecular complexity index is 924. The van der Waals surface area contributed by atoms with E-state index < -0.39 is 11.7 Å². The molecule has 0 amide bonds. The van der Waals surface area contributed by atoms with E-state index in [4.69, 9.17) is 11.6 Å². The molecule has 2 N–H and O–H groups in total. The predicted octanol–water partition coefficient (Wildman–Crippen LogP) is 2.98. The number of aryl methyl sites for hydroxylation is 1. The number of benzene rings is 2. The third-order valence-electron chi connectivity index (χ3n) is 3.35. The zero-order chi connectivity index (χ0) is 15.1. The van der Waals surface area contributed by atoms with Crippen molar-refractivity contribution in [3.63, 3.8) is 0 Å². The van der Waals surface area contributed by atoms with Crippen molar-refractivity contribution in [3.8, 4) is 5.69 Å². The van der Waals surface area contributed by atoms with Crippen LogP contribution in [0.1, 0.15) is 15.9 Å². The molecular formula is C15H11ClN2O3. The molecule has 0 fully saturated rings. The van der Waals surface area contributed by atoms with Crippen molar-refractivity contribution < 1.29 is 9.90 Å². The molecule has 0 unspecified atom stereocenters. The van der Waals surface area contributed by atoms with E-state index >= 15 is 0 Å². The number of hydrogen-bond donors (Lipinski definition) is 2. The van der Waals surface area contributed by atoms with Gasteiger partial charge in [0.25, 0.3) is 0 Å². The zero-order valence-electron chi connectivity index (χ0n) is 11.1. The number of aromatic nitrogens is 2. The molecule has 0 aliphatic carbocycles. The largest absolute Gasteiger partial charge is 0.478 e. The van der Waals surface area contributed by atoms with E-state index in [2.05, 4.69) is 4.98 Å². The lowest BCUT2D eigenvalue weighted by Gasteiger charge is -2.07. The number of nitrogens with one attached hydrogen (secondary N) is 1. The minimum atomic E-state index is -1.09. The number of carboxylic acid groups (broad SMARTS) is 1. The summed E-state index contributed by atoms with van der Waals surface area (Å²) in [4.78, 5) is 26.2. The summed E-state index contributed by atoms with van der Waals surface area (Å²) >= 11 is 6.09. The summed E-state index contributed by atoms with van der Waals surface area (Å²) in [5.41, 5.74) is 1.86. The van der Waals surface area contributed by atoms with Crippen molar-refractivity contribution >= 4 is 28.6 Å².